The van der Waals surface area contributed by atoms with Crippen LogP contribution < -0.4 is 0 Å². The Morgan fingerprint density at radius 3 is 2.32 bits per heavy atom. The second-order valence-corrected chi connectivity index (χ2v) is 4.90. The number of hydrogen-bond acceptors (Lipinski definition) is 3. The molecule has 0 unspecified atom stereocenters. The first kappa shape index (κ1) is 13.6. The lowest BCUT2D eigenvalue weighted by molar-refractivity contribution is -0.131. The van der Waals surface area contributed by atoms with E-state index in [9.17, 15) is 9.59 Å². The van der Waals surface area contributed by atoms with Crippen LogP contribution in [0.1, 0.15) is 23.2 Å². The van der Waals surface area contributed by atoms with Crippen molar-refractivity contribution in [3.05, 3.63) is 34.9 Å². The highest BCUT2D eigenvalue weighted by Crippen LogP contribution is 2.17. The largest absolute Gasteiger partial charge is 0.341 e. The first-order chi connectivity index (χ1) is 9.13. The second kappa shape index (κ2) is 5.85. The molecular formula is C14H13ClN2O2. The highest BCUT2D eigenvalue weighted by atomic mass is 35.5. The van der Waals surface area contributed by atoms with Crippen LogP contribution >= 0.6 is 11.6 Å². The van der Waals surface area contributed by atoms with Crippen LogP contribution in [0.5, 0.6) is 0 Å². The molecule has 1 heterocycles. The van der Waals surface area contributed by atoms with Crippen LogP contribution in [0.3, 0.4) is 0 Å². The zero-order valence-corrected chi connectivity index (χ0v) is 11.1. The van der Waals surface area contributed by atoms with Gasteiger partial charge in [-0.15, -0.1) is 0 Å². The van der Waals surface area contributed by atoms with E-state index in [0.29, 0.717) is 23.7 Å². The van der Waals surface area contributed by atoms with E-state index in [0.717, 1.165) is 12.8 Å². The average Bonchev–Trinajstić information content (AvgIpc) is 2.94. The van der Waals surface area contributed by atoms with Crippen LogP contribution in [-0.2, 0) is 4.79 Å². The molecule has 1 aromatic rings. The van der Waals surface area contributed by atoms with E-state index >= 15 is 0 Å². The van der Waals surface area contributed by atoms with Crippen LogP contribution in [0.15, 0.2) is 24.3 Å². The topological polar surface area (TPSA) is 61.2 Å². The predicted octanol–water partition coefficient (Wildman–Crippen LogP) is 2.28. The Kier molecular flexibility index (Phi) is 4.18. The Balaban J connectivity index is 2.17. The Morgan fingerprint density at radius 2 is 1.79 bits per heavy atom. The van der Waals surface area contributed by atoms with Gasteiger partial charge in [0, 0.05) is 23.7 Å². The smallest absolute Gasteiger partial charge is 0.247 e. The zero-order valence-electron chi connectivity index (χ0n) is 10.3. The van der Waals surface area contributed by atoms with Crippen LogP contribution in [0, 0.1) is 17.2 Å². The van der Waals surface area contributed by atoms with E-state index in [4.69, 9.17) is 16.9 Å². The number of carbonyl (C=O) groups is 2. The molecule has 1 aliphatic heterocycles. The van der Waals surface area contributed by atoms with Crippen LogP contribution in [0.25, 0.3) is 0 Å². The fraction of sp³-hybridized carbons (Fsp3) is 0.357. The van der Waals surface area contributed by atoms with Crippen molar-refractivity contribution in [2.24, 2.45) is 5.92 Å². The van der Waals surface area contributed by atoms with Crippen molar-refractivity contribution >= 4 is 23.3 Å². The van der Waals surface area contributed by atoms with Gasteiger partial charge in [-0.1, -0.05) is 11.6 Å². The molecule has 1 atom stereocenters. The molecule has 1 amide bonds. The highest BCUT2D eigenvalue weighted by Gasteiger charge is 2.32. The molecule has 0 spiro atoms. The third-order valence-corrected chi connectivity index (χ3v) is 3.44. The van der Waals surface area contributed by atoms with Crippen molar-refractivity contribution in [3.8, 4) is 6.07 Å². The summed E-state index contributed by atoms with van der Waals surface area (Å²) in [7, 11) is 0. The average molecular weight is 277 g/mol. The maximum atomic E-state index is 12.2. The predicted molar refractivity (Wildman–Crippen MR) is 70.7 cm³/mol. The number of ketones is 1. The summed E-state index contributed by atoms with van der Waals surface area (Å²) in [6.07, 6.45) is 1.86. The number of nitriles is 1. The number of benzene rings is 1. The quantitative estimate of drug-likeness (QED) is 0.628. The van der Waals surface area contributed by atoms with Crippen LogP contribution in [0.4, 0.5) is 0 Å². The van der Waals surface area contributed by atoms with E-state index in [1.54, 1.807) is 17.0 Å². The second-order valence-electron chi connectivity index (χ2n) is 4.47. The first-order valence-electron chi connectivity index (χ1n) is 6.11. The van der Waals surface area contributed by atoms with Gasteiger partial charge in [0.25, 0.3) is 0 Å². The summed E-state index contributed by atoms with van der Waals surface area (Å²) in [4.78, 5) is 25.9. The third-order valence-electron chi connectivity index (χ3n) is 3.18. The highest BCUT2D eigenvalue weighted by molar-refractivity contribution is 6.30. The molecule has 1 aromatic carbocycles. The number of amides is 1. The van der Waals surface area contributed by atoms with Gasteiger partial charge in [0.15, 0.2) is 11.7 Å². The molecule has 2 rings (SSSR count). The van der Waals surface area contributed by atoms with Crippen LogP contribution in [-0.4, -0.2) is 29.7 Å². The van der Waals surface area contributed by atoms with Gasteiger partial charge in [0.1, 0.15) is 0 Å². The molecule has 0 radical (unpaired) electrons. The summed E-state index contributed by atoms with van der Waals surface area (Å²) in [6, 6.07) is 8.03. The molecule has 0 aromatic heterocycles. The van der Waals surface area contributed by atoms with Gasteiger partial charge in [-0.3, -0.25) is 9.59 Å². The number of hydrogen-bond donors (Lipinski definition) is 0. The van der Waals surface area contributed by atoms with Gasteiger partial charge in [-0.25, -0.2) is 0 Å². The number of Topliss-reactive ketones (excluding diaryl/α,β-unsaturated/α-hetero) is 1. The first-order valence-corrected chi connectivity index (χ1v) is 6.49. The van der Waals surface area contributed by atoms with E-state index in [1.807, 2.05) is 6.07 Å². The monoisotopic (exact) mass is 276 g/mol. The van der Waals surface area contributed by atoms with Crippen molar-refractivity contribution < 1.29 is 9.59 Å². The van der Waals surface area contributed by atoms with Gasteiger partial charge in [0.05, 0.1) is 6.07 Å². The normalized spacial score (nSPS) is 15.9. The molecule has 0 aliphatic carbocycles. The number of likely N-dealkylation sites (tertiary alicyclic amines) is 1. The molecule has 0 saturated carbocycles. The lowest BCUT2D eigenvalue weighted by Crippen LogP contribution is -2.37. The maximum Gasteiger partial charge on any atom is 0.247 e. The van der Waals surface area contributed by atoms with E-state index in [-0.39, 0.29) is 5.91 Å². The minimum Gasteiger partial charge on any atom is -0.341 e. The molecule has 4 nitrogen and oxygen atoms in total. The van der Waals surface area contributed by atoms with Crippen LogP contribution in [0.2, 0.25) is 5.02 Å². The van der Waals surface area contributed by atoms with Crippen molar-refractivity contribution in [2.75, 3.05) is 13.1 Å². The Morgan fingerprint density at radius 1 is 1.21 bits per heavy atom. The maximum absolute atomic E-state index is 12.2. The van der Waals surface area contributed by atoms with Gasteiger partial charge < -0.3 is 4.90 Å². The van der Waals surface area contributed by atoms with Crippen molar-refractivity contribution in [2.45, 2.75) is 12.8 Å². The van der Waals surface area contributed by atoms with E-state index in [2.05, 4.69) is 0 Å². The number of carbonyl (C=O) groups excluding carboxylic acids is 2. The summed E-state index contributed by atoms with van der Waals surface area (Å²) in [6.45, 7) is 1.26. The van der Waals surface area contributed by atoms with Gasteiger partial charge >= 0.3 is 0 Å². The SMILES string of the molecule is N#C[C@@H](C(=O)c1ccc(Cl)cc1)C(=O)N1CCCC1. The Labute approximate surface area is 116 Å². The van der Waals surface area contributed by atoms with Gasteiger partial charge in [-0.05, 0) is 37.1 Å². The molecule has 1 aliphatic rings. The fourth-order valence-corrected chi connectivity index (χ4v) is 2.25. The molecule has 1 fully saturated rings. The minimum absolute atomic E-state index is 0.337. The van der Waals surface area contributed by atoms with E-state index in [1.165, 1.54) is 12.1 Å². The number of halogens is 1. The Hall–Kier alpha value is -1.86. The summed E-state index contributed by atoms with van der Waals surface area (Å²) in [5, 5.41) is 9.61. The fourth-order valence-electron chi connectivity index (χ4n) is 2.13. The Bertz CT molecular complexity index is 527. The summed E-state index contributed by atoms with van der Waals surface area (Å²) in [5.74, 6) is -2.10. The van der Waals surface area contributed by atoms with E-state index < -0.39 is 11.7 Å². The molecule has 19 heavy (non-hydrogen) atoms. The molecule has 98 valence electrons. The lowest BCUT2D eigenvalue weighted by atomic mass is 9.97. The molecular weight excluding hydrogens is 264 g/mol. The lowest BCUT2D eigenvalue weighted by Gasteiger charge is -2.17. The molecule has 0 bridgehead atoms. The summed E-state index contributed by atoms with van der Waals surface area (Å²) < 4.78 is 0. The minimum atomic E-state index is -1.25. The zero-order chi connectivity index (χ0) is 13.8. The standard InChI is InChI=1S/C14H13ClN2O2/c15-11-5-3-10(4-6-11)13(18)12(9-16)14(19)17-7-1-2-8-17/h3-6,12H,1-2,7-8H2/t12-/m0/s1. The van der Waals surface area contributed by atoms with Crippen molar-refractivity contribution in [1.29, 1.82) is 5.26 Å². The molecule has 1 saturated heterocycles. The summed E-state index contributed by atoms with van der Waals surface area (Å²) >= 11 is 5.74. The van der Waals surface area contributed by atoms with Crippen molar-refractivity contribution in [3.63, 3.8) is 0 Å². The van der Waals surface area contributed by atoms with Gasteiger partial charge in [-0.2, -0.15) is 5.26 Å². The molecule has 5 heteroatoms. The summed E-state index contributed by atoms with van der Waals surface area (Å²) in [5.41, 5.74) is 0.337. The van der Waals surface area contributed by atoms with Crippen molar-refractivity contribution in [1.82, 2.24) is 4.90 Å². The number of rotatable bonds is 3. The van der Waals surface area contributed by atoms with Gasteiger partial charge in [0.2, 0.25) is 5.91 Å². The molecule has 0 N–H and O–H groups in total. The number of nitrogens with zero attached hydrogens (tertiary/aromatic N) is 2. The third kappa shape index (κ3) is 2.94.